The molecule has 1 fully saturated rings. The monoisotopic (exact) mass is 433 g/mol. The number of hydrogen-bond donors (Lipinski definition) is 0. The molecule has 1 heterocycles. The largest absolute Gasteiger partial charge is 0.329 e. The predicted octanol–water partition coefficient (Wildman–Crippen LogP) is 5.81. The number of hydrogen-bond acceptors (Lipinski definition) is 2. The summed E-state index contributed by atoms with van der Waals surface area (Å²) in [6.07, 6.45) is -1.55. The number of amides is 1. The number of carbonyl (C=O) groups is 1. The first kappa shape index (κ1) is 23.1. The average Bonchev–Trinajstić information content (AvgIpc) is 3.45. The Balaban J connectivity index is 2.04. The van der Waals surface area contributed by atoms with Crippen LogP contribution >= 0.6 is 0 Å². The summed E-state index contributed by atoms with van der Waals surface area (Å²) in [6, 6.07) is 5.50. The van der Waals surface area contributed by atoms with Crippen molar-refractivity contribution in [3.8, 4) is 0 Å². The van der Waals surface area contributed by atoms with Gasteiger partial charge in [0, 0.05) is 13.1 Å². The molecule has 31 heavy (non-hydrogen) atoms. The van der Waals surface area contributed by atoms with Gasteiger partial charge in [0.2, 0.25) is 5.95 Å². The molecule has 0 N–H and O–H groups in total. The molecular formula is C24H30F3N3O. The van der Waals surface area contributed by atoms with Crippen LogP contribution in [0.1, 0.15) is 79.7 Å². The molecule has 0 radical (unpaired) electrons. The highest BCUT2D eigenvalue weighted by atomic mass is 19.3. The van der Waals surface area contributed by atoms with Crippen LogP contribution in [0.2, 0.25) is 0 Å². The van der Waals surface area contributed by atoms with Gasteiger partial charge in [-0.05, 0) is 48.8 Å². The molecule has 1 aliphatic carbocycles. The lowest BCUT2D eigenvalue weighted by Gasteiger charge is -2.33. The number of alkyl halides is 2. The summed E-state index contributed by atoms with van der Waals surface area (Å²) in [5.74, 6) is -1.81. The zero-order chi connectivity index (χ0) is 23.2. The first-order chi connectivity index (χ1) is 14.3. The van der Waals surface area contributed by atoms with Crippen LogP contribution in [0.3, 0.4) is 0 Å². The molecule has 168 valence electrons. The second kappa shape index (κ2) is 8.17. The van der Waals surface area contributed by atoms with Crippen LogP contribution in [0.15, 0.2) is 24.8 Å². The van der Waals surface area contributed by atoms with Crippen LogP contribution in [0, 0.1) is 12.9 Å². The molecule has 3 rings (SSSR count). The van der Waals surface area contributed by atoms with Gasteiger partial charge in [-0.15, -0.1) is 0 Å². The predicted molar refractivity (Wildman–Crippen MR) is 116 cm³/mol. The van der Waals surface area contributed by atoms with Gasteiger partial charge in [0.05, 0.1) is 6.04 Å². The summed E-state index contributed by atoms with van der Waals surface area (Å²) >= 11 is 0. The Morgan fingerprint density at radius 1 is 1.29 bits per heavy atom. The third kappa shape index (κ3) is 4.41. The fourth-order valence-corrected chi connectivity index (χ4v) is 3.98. The van der Waals surface area contributed by atoms with Gasteiger partial charge in [-0.2, -0.15) is 9.49 Å². The maximum Gasteiger partial charge on any atom is 0.283 e. The average molecular weight is 434 g/mol. The molecule has 4 nitrogen and oxygen atoms in total. The summed E-state index contributed by atoms with van der Waals surface area (Å²) in [5, 5.41) is 3.53. The van der Waals surface area contributed by atoms with Crippen molar-refractivity contribution in [1.82, 2.24) is 14.7 Å². The fourth-order valence-electron chi connectivity index (χ4n) is 3.98. The third-order valence-electron chi connectivity index (χ3n) is 5.85. The third-order valence-corrected chi connectivity index (χ3v) is 5.85. The van der Waals surface area contributed by atoms with Crippen LogP contribution in [-0.4, -0.2) is 32.7 Å². The quantitative estimate of drug-likeness (QED) is 0.577. The molecule has 0 aliphatic heterocycles. The van der Waals surface area contributed by atoms with Crippen molar-refractivity contribution >= 4 is 11.5 Å². The number of aryl methyl sites for hydroxylation is 2. The smallest absolute Gasteiger partial charge is 0.283 e. The number of rotatable bonds is 6. The van der Waals surface area contributed by atoms with E-state index in [1.54, 1.807) is 0 Å². The maximum atomic E-state index is 14.6. The maximum absolute atomic E-state index is 14.6. The van der Waals surface area contributed by atoms with Gasteiger partial charge < -0.3 is 4.90 Å². The Bertz CT molecular complexity index is 1020. The standard InChI is InChI=1S/C24H30F3N3O/c1-13-8-11-18(24(4,5)6)17(12-13)14(2)15(3)30(16-9-10-16)23(31)19-20(21(25)26)28-29(7)22(19)27/h8,11-12,15-16,21H,2,9-10H2,1,3-7H3. The first-order valence-electron chi connectivity index (χ1n) is 10.5. The van der Waals surface area contributed by atoms with E-state index < -0.39 is 35.6 Å². The Kier molecular flexibility index (Phi) is 6.09. The van der Waals surface area contributed by atoms with Crippen molar-refractivity contribution in [3.63, 3.8) is 0 Å². The SMILES string of the molecule is C=C(c1cc(C)ccc1C(C)(C)C)C(C)N(C(=O)c1c(C(F)F)nn(C)c1F)C1CC1. The summed E-state index contributed by atoms with van der Waals surface area (Å²) < 4.78 is 42.3. The summed E-state index contributed by atoms with van der Waals surface area (Å²) in [4.78, 5) is 14.9. The van der Waals surface area contributed by atoms with E-state index in [0.717, 1.165) is 29.5 Å². The molecule has 2 aromatic rings. The minimum Gasteiger partial charge on any atom is -0.329 e. The minimum atomic E-state index is -3.04. The second-order valence-corrected chi connectivity index (χ2v) is 9.42. The first-order valence-corrected chi connectivity index (χ1v) is 10.5. The van der Waals surface area contributed by atoms with E-state index in [-0.39, 0.29) is 11.5 Å². The van der Waals surface area contributed by atoms with Crippen molar-refractivity contribution < 1.29 is 18.0 Å². The lowest BCUT2D eigenvalue weighted by molar-refractivity contribution is 0.0698. The molecule has 0 spiro atoms. The molecule has 1 atom stereocenters. The van der Waals surface area contributed by atoms with Gasteiger partial charge in [-0.1, -0.05) is 51.1 Å². The van der Waals surface area contributed by atoms with E-state index in [0.29, 0.717) is 10.3 Å². The fraction of sp³-hybridized carbons (Fsp3) is 0.500. The number of aromatic nitrogens is 2. The minimum absolute atomic E-state index is 0.132. The topological polar surface area (TPSA) is 38.1 Å². The summed E-state index contributed by atoms with van der Waals surface area (Å²) in [7, 11) is 1.21. The molecule has 0 bridgehead atoms. The highest BCUT2D eigenvalue weighted by Crippen LogP contribution is 2.38. The molecule has 1 saturated carbocycles. The Hall–Kier alpha value is -2.57. The van der Waals surface area contributed by atoms with E-state index in [9.17, 15) is 18.0 Å². The Morgan fingerprint density at radius 3 is 2.42 bits per heavy atom. The Morgan fingerprint density at radius 2 is 1.90 bits per heavy atom. The number of halogens is 3. The van der Waals surface area contributed by atoms with Crippen molar-refractivity contribution in [2.75, 3.05) is 0 Å². The molecule has 1 aromatic heterocycles. The van der Waals surface area contributed by atoms with Crippen LogP contribution < -0.4 is 0 Å². The van der Waals surface area contributed by atoms with Gasteiger partial charge >= 0.3 is 0 Å². The van der Waals surface area contributed by atoms with Gasteiger partial charge in [-0.25, -0.2) is 13.5 Å². The molecule has 1 unspecified atom stereocenters. The number of benzene rings is 1. The van der Waals surface area contributed by atoms with Crippen molar-refractivity contribution in [2.24, 2.45) is 7.05 Å². The van der Waals surface area contributed by atoms with E-state index in [4.69, 9.17) is 0 Å². The highest BCUT2D eigenvalue weighted by Gasteiger charge is 2.41. The van der Waals surface area contributed by atoms with Crippen LogP contribution in [0.4, 0.5) is 13.2 Å². The van der Waals surface area contributed by atoms with E-state index >= 15 is 0 Å². The second-order valence-electron chi connectivity index (χ2n) is 9.42. The molecule has 7 heteroatoms. The van der Waals surface area contributed by atoms with Gasteiger partial charge in [0.1, 0.15) is 11.3 Å². The van der Waals surface area contributed by atoms with Crippen molar-refractivity contribution in [2.45, 2.75) is 71.4 Å². The van der Waals surface area contributed by atoms with Crippen LogP contribution in [-0.2, 0) is 12.5 Å². The zero-order valence-electron chi connectivity index (χ0n) is 19.0. The van der Waals surface area contributed by atoms with E-state index in [1.807, 2.05) is 26.0 Å². The van der Waals surface area contributed by atoms with Gasteiger partial charge in [-0.3, -0.25) is 4.79 Å². The molecular weight excluding hydrogens is 403 g/mol. The van der Waals surface area contributed by atoms with Crippen LogP contribution in [0.25, 0.3) is 5.57 Å². The van der Waals surface area contributed by atoms with Gasteiger partial charge in [0.25, 0.3) is 12.3 Å². The van der Waals surface area contributed by atoms with Crippen molar-refractivity contribution in [3.05, 3.63) is 58.7 Å². The zero-order valence-corrected chi connectivity index (χ0v) is 19.0. The van der Waals surface area contributed by atoms with Crippen molar-refractivity contribution in [1.29, 1.82) is 0 Å². The lowest BCUT2D eigenvalue weighted by atomic mass is 9.80. The number of carbonyl (C=O) groups excluding carboxylic acids is 1. The molecule has 1 aromatic carbocycles. The normalized spacial score (nSPS) is 15.3. The molecule has 1 aliphatic rings. The van der Waals surface area contributed by atoms with Gasteiger partial charge in [0.15, 0.2) is 0 Å². The molecule has 1 amide bonds. The van der Waals surface area contributed by atoms with E-state index in [1.165, 1.54) is 11.9 Å². The molecule has 0 saturated heterocycles. The van der Waals surface area contributed by atoms with Crippen LogP contribution in [0.5, 0.6) is 0 Å². The number of nitrogens with zero attached hydrogens (tertiary/aromatic N) is 3. The Labute approximate surface area is 181 Å². The van der Waals surface area contributed by atoms with E-state index in [2.05, 4.69) is 38.5 Å². The summed E-state index contributed by atoms with van der Waals surface area (Å²) in [6.45, 7) is 14.4. The summed E-state index contributed by atoms with van der Waals surface area (Å²) in [5.41, 5.74) is 2.15. The lowest BCUT2D eigenvalue weighted by Crippen LogP contribution is -2.42. The highest BCUT2D eigenvalue weighted by molar-refractivity contribution is 5.97.